The number of allylic oxidation sites excluding steroid dienone is 2. The summed E-state index contributed by atoms with van der Waals surface area (Å²) in [5.74, 6) is 3.39. The largest absolute Gasteiger partial charge is 0.0854 e. The quantitative estimate of drug-likeness (QED) is 0.555. The summed E-state index contributed by atoms with van der Waals surface area (Å²) in [5.41, 5.74) is 3.11. The summed E-state index contributed by atoms with van der Waals surface area (Å²) in [7, 11) is 0. The molecule has 2 atom stereocenters. The second-order valence-corrected chi connectivity index (χ2v) is 7.94. The van der Waals surface area contributed by atoms with Crippen LogP contribution >= 0.6 is 0 Å². The average Bonchev–Trinajstić information content (AvgIpc) is 2.56. The van der Waals surface area contributed by atoms with Gasteiger partial charge in [-0.15, -0.1) is 0 Å². The predicted molar refractivity (Wildman–Crippen MR) is 96.2 cm³/mol. The van der Waals surface area contributed by atoms with Crippen LogP contribution in [0.2, 0.25) is 0 Å². The molecule has 3 rings (SSSR count). The van der Waals surface area contributed by atoms with Crippen LogP contribution in [-0.2, 0) is 6.42 Å². The molecule has 22 heavy (non-hydrogen) atoms. The number of aryl methyl sites for hydroxylation is 1. The zero-order valence-electron chi connectivity index (χ0n) is 14.4. The number of hydrogen-bond acceptors (Lipinski definition) is 0. The molecule has 0 aliphatic heterocycles. The van der Waals surface area contributed by atoms with Crippen LogP contribution in [0.1, 0.15) is 75.8 Å². The summed E-state index contributed by atoms with van der Waals surface area (Å²) in [6.07, 6.45) is 15.8. The molecule has 0 aromatic heterocycles. The fourth-order valence-corrected chi connectivity index (χ4v) is 4.16. The Kier molecular flexibility index (Phi) is 5.39. The Morgan fingerprint density at radius 2 is 1.55 bits per heavy atom. The molecule has 1 saturated carbocycles. The molecular formula is C22H32. The van der Waals surface area contributed by atoms with Crippen molar-refractivity contribution in [1.82, 2.24) is 0 Å². The van der Waals surface area contributed by atoms with E-state index < -0.39 is 0 Å². The Morgan fingerprint density at radius 3 is 2.18 bits per heavy atom. The zero-order valence-corrected chi connectivity index (χ0v) is 14.4. The topological polar surface area (TPSA) is 0 Å². The van der Waals surface area contributed by atoms with Crippen LogP contribution in [0.25, 0.3) is 0 Å². The number of benzene rings is 1. The molecule has 1 aromatic carbocycles. The lowest BCUT2D eigenvalue weighted by molar-refractivity contribution is 0.348. The monoisotopic (exact) mass is 296 g/mol. The first-order valence-corrected chi connectivity index (χ1v) is 9.48. The third-order valence-electron chi connectivity index (χ3n) is 5.98. The summed E-state index contributed by atoms with van der Waals surface area (Å²) in [6.45, 7) is 4.73. The van der Waals surface area contributed by atoms with Crippen molar-refractivity contribution in [1.29, 1.82) is 0 Å². The van der Waals surface area contributed by atoms with Crippen molar-refractivity contribution in [3.63, 3.8) is 0 Å². The molecule has 1 fully saturated rings. The summed E-state index contributed by atoms with van der Waals surface area (Å²) in [6, 6.07) is 9.61. The summed E-state index contributed by atoms with van der Waals surface area (Å²) >= 11 is 0. The molecule has 1 aromatic rings. The molecule has 0 bridgehead atoms. The van der Waals surface area contributed by atoms with Crippen LogP contribution in [0.15, 0.2) is 36.4 Å². The van der Waals surface area contributed by atoms with Gasteiger partial charge in [-0.1, -0.05) is 63.1 Å². The van der Waals surface area contributed by atoms with E-state index >= 15 is 0 Å². The summed E-state index contributed by atoms with van der Waals surface area (Å²) in [5, 5.41) is 0. The molecule has 0 heteroatoms. The molecule has 2 aliphatic carbocycles. The first-order valence-electron chi connectivity index (χ1n) is 9.48. The van der Waals surface area contributed by atoms with E-state index in [1.54, 1.807) is 5.56 Å². The van der Waals surface area contributed by atoms with Gasteiger partial charge in [0.25, 0.3) is 0 Å². The molecule has 0 spiro atoms. The van der Waals surface area contributed by atoms with Crippen molar-refractivity contribution in [2.75, 3.05) is 0 Å². The van der Waals surface area contributed by atoms with E-state index in [0.717, 1.165) is 23.7 Å². The number of hydrogen-bond donors (Lipinski definition) is 0. The van der Waals surface area contributed by atoms with E-state index in [1.807, 2.05) is 0 Å². The highest BCUT2D eigenvalue weighted by atomic mass is 14.2. The van der Waals surface area contributed by atoms with E-state index in [4.69, 9.17) is 0 Å². The zero-order chi connectivity index (χ0) is 15.4. The summed E-state index contributed by atoms with van der Waals surface area (Å²) in [4.78, 5) is 0. The van der Waals surface area contributed by atoms with Gasteiger partial charge >= 0.3 is 0 Å². The van der Waals surface area contributed by atoms with Crippen molar-refractivity contribution in [3.05, 3.63) is 47.5 Å². The Hall–Kier alpha value is -1.04. The maximum Gasteiger partial charge on any atom is -0.0162 e. The van der Waals surface area contributed by atoms with Crippen molar-refractivity contribution in [2.45, 2.75) is 71.1 Å². The van der Waals surface area contributed by atoms with E-state index in [1.165, 1.54) is 56.9 Å². The van der Waals surface area contributed by atoms with Crippen LogP contribution < -0.4 is 0 Å². The molecule has 0 N–H and O–H groups in total. The second-order valence-electron chi connectivity index (χ2n) is 7.94. The minimum absolute atomic E-state index is 0.800. The second kappa shape index (κ2) is 7.49. The number of rotatable bonds is 4. The summed E-state index contributed by atoms with van der Waals surface area (Å²) < 4.78 is 0. The average molecular weight is 296 g/mol. The molecule has 0 amide bonds. The smallest absolute Gasteiger partial charge is 0.0162 e. The van der Waals surface area contributed by atoms with Gasteiger partial charge in [-0.3, -0.25) is 0 Å². The molecule has 2 aliphatic rings. The minimum atomic E-state index is 0.800. The molecule has 2 unspecified atom stereocenters. The Morgan fingerprint density at radius 1 is 0.818 bits per heavy atom. The molecule has 0 nitrogen and oxygen atoms in total. The highest BCUT2D eigenvalue weighted by Crippen LogP contribution is 2.35. The van der Waals surface area contributed by atoms with Gasteiger partial charge in [0.15, 0.2) is 0 Å². The maximum atomic E-state index is 2.46. The van der Waals surface area contributed by atoms with Gasteiger partial charge in [-0.2, -0.15) is 0 Å². The standard InChI is InChI=1S/C22H32/c1-17-3-7-19(8-4-17)9-10-20-11-15-22(16-12-20)21-13-5-18(2)6-14-21/h3,7,11-12,15-19,21H,4-6,8-10,13-14H2,1-2H3. The molecule has 0 radical (unpaired) electrons. The van der Waals surface area contributed by atoms with Gasteiger partial charge in [0, 0.05) is 0 Å². The van der Waals surface area contributed by atoms with Crippen LogP contribution in [0.3, 0.4) is 0 Å². The minimum Gasteiger partial charge on any atom is -0.0854 e. The van der Waals surface area contributed by atoms with E-state index in [0.29, 0.717) is 0 Å². The third kappa shape index (κ3) is 4.24. The van der Waals surface area contributed by atoms with Gasteiger partial charge < -0.3 is 0 Å². The predicted octanol–water partition coefficient (Wildman–Crippen LogP) is 6.52. The molecule has 0 heterocycles. The fraction of sp³-hybridized carbons (Fsp3) is 0.636. The van der Waals surface area contributed by atoms with Crippen LogP contribution in [0, 0.1) is 17.8 Å². The van der Waals surface area contributed by atoms with Crippen LogP contribution in [0.4, 0.5) is 0 Å². The third-order valence-corrected chi connectivity index (χ3v) is 5.98. The Balaban J connectivity index is 1.50. The van der Waals surface area contributed by atoms with Crippen LogP contribution in [0.5, 0.6) is 0 Å². The van der Waals surface area contributed by atoms with Crippen molar-refractivity contribution >= 4 is 0 Å². The van der Waals surface area contributed by atoms with Gasteiger partial charge in [0.05, 0.1) is 0 Å². The molecule has 0 saturated heterocycles. The first-order chi connectivity index (χ1) is 10.7. The lowest BCUT2D eigenvalue weighted by Gasteiger charge is -2.26. The lowest BCUT2D eigenvalue weighted by Crippen LogP contribution is -2.10. The van der Waals surface area contributed by atoms with Crippen molar-refractivity contribution in [3.8, 4) is 0 Å². The highest BCUT2D eigenvalue weighted by Gasteiger charge is 2.19. The first kappa shape index (κ1) is 15.8. The van der Waals surface area contributed by atoms with E-state index in [2.05, 4.69) is 50.3 Å². The lowest BCUT2D eigenvalue weighted by atomic mass is 9.79. The van der Waals surface area contributed by atoms with Gasteiger partial charge in [0.1, 0.15) is 0 Å². The van der Waals surface area contributed by atoms with Gasteiger partial charge in [-0.05, 0) is 73.3 Å². The molecule has 120 valence electrons. The highest BCUT2D eigenvalue weighted by molar-refractivity contribution is 5.26. The van der Waals surface area contributed by atoms with E-state index in [-0.39, 0.29) is 0 Å². The normalized spacial score (nSPS) is 32.1. The van der Waals surface area contributed by atoms with Gasteiger partial charge in [0.2, 0.25) is 0 Å². The van der Waals surface area contributed by atoms with Gasteiger partial charge in [-0.25, -0.2) is 0 Å². The van der Waals surface area contributed by atoms with Crippen molar-refractivity contribution < 1.29 is 0 Å². The molecular weight excluding hydrogens is 264 g/mol. The van der Waals surface area contributed by atoms with E-state index in [9.17, 15) is 0 Å². The Labute approximate surface area is 137 Å². The van der Waals surface area contributed by atoms with Crippen LogP contribution in [-0.4, -0.2) is 0 Å². The van der Waals surface area contributed by atoms with Crippen molar-refractivity contribution in [2.24, 2.45) is 17.8 Å². The fourth-order valence-electron chi connectivity index (χ4n) is 4.16. The SMILES string of the molecule is CC1C=CC(CCc2ccc(C3CCC(C)CC3)cc2)CC1. The Bertz CT molecular complexity index is 473. The maximum absolute atomic E-state index is 2.46.